The van der Waals surface area contributed by atoms with Gasteiger partial charge < -0.3 is 5.32 Å². The fraction of sp³-hybridized carbons (Fsp3) is 0.429. The minimum Gasteiger partial charge on any atom is -0.300 e. The standard InChI is InChI=1S/C14H16N4O2S/c1-8-7-21-14(15-8)16-13(20)9(2)18-12(19)6-10-4-3-5-11(10)17-18/h6-7,9H,3-5H2,1-2H3,(H,15,16,20). The molecule has 1 aliphatic carbocycles. The van der Waals surface area contributed by atoms with Crippen LogP contribution in [-0.4, -0.2) is 20.7 Å². The Morgan fingerprint density at radius 2 is 2.29 bits per heavy atom. The third-order valence-electron chi connectivity index (χ3n) is 3.58. The highest BCUT2D eigenvalue weighted by Gasteiger charge is 2.22. The van der Waals surface area contributed by atoms with E-state index in [-0.39, 0.29) is 11.5 Å². The maximum Gasteiger partial charge on any atom is 0.267 e. The van der Waals surface area contributed by atoms with E-state index in [0.29, 0.717) is 5.13 Å². The molecule has 2 aromatic heterocycles. The maximum atomic E-state index is 12.2. The van der Waals surface area contributed by atoms with Gasteiger partial charge in [0, 0.05) is 11.4 Å². The van der Waals surface area contributed by atoms with Gasteiger partial charge in [-0.3, -0.25) is 9.59 Å². The van der Waals surface area contributed by atoms with Gasteiger partial charge in [0.2, 0.25) is 0 Å². The van der Waals surface area contributed by atoms with E-state index in [9.17, 15) is 9.59 Å². The van der Waals surface area contributed by atoms with Crippen molar-refractivity contribution in [2.24, 2.45) is 0 Å². The number of aryl methyl sites for hydroxylation is 3. The summed E-state index contributed by atoms with van der Waals surface area (Å²) in [6.07, 6.45) is 2.79. The quantitative estimate of drug-likeness (QED) is 0.936. The Bertz CT molecular complexity index is 750. The zero-order valence-corrected chi connectivity index (χ0v) is 12.7. The molecule has 0 saturated carbocycles. The fourth-order valence-electron chi connectivity index (χ4n) is 2.43. The average molecular weight is 304 g/mol. The van der Waals surface area contributed by atoms with Crippen LogP contribution in [0, 0.1) is 6.92 Å². The third kappa shape index (κ3) is 2.73. The van der Waals surface area contributed by atoms with E-state index in [1.54, 1.807) is 13.0 Å². The lowest BCUT2D eigenvalue weighted by Gasteiger charge is -2.14. The largest absolute Gasteiger partial charge is 0.300 e. The normalized spacial score (nSPS) is 14.8. The molecule has 0 fully saturated rings. The van der Waals surface area contributed by atoms with Gasteiger partial charge in [0.15, 0.2) is 5.13 Å². The van der Waals surface area contributed by atoms with Crippen LogP contribution in [0.5, 0.6) is 0 Å². The van der Waals surface area contributed by atoms with Crippen LogP contribution in [0.4, 0.5) is 5.13 Å². The molecule has 1 N–H and O–H groups in total. The van der Waals surface area contributed by atoms with E-state index in [0.717, 1.165) is 36.2 Å². The second kappa shape index (κ2) is 5.40. The SMILES string of the molecule is Cc1csc(NC(=O)C(C)n2nc3c(cc2=O)CCC3)n1. The van der Waals surface area contributed by atoms with Gasteiger partial charge in [-0.15, -0.1) is 11.3 Å². The fourth-order valence-corrected chi connectivity index (χ4v) is 3.12. The van der Waals surface area contributed by atoms with E-state index < -0.39 is 6.04 Å². The lowest BCUT2D eigenvalue weighted by molar-refractivity contribution is -0.119. The van der Waals surface area contributed by atoms with Gasteiger partial charge in [0.25, 0.3) is 11.5 Å². The summed E-state index contributed by atoms with van der Waals surface area (Å²) in [6, 6.07) is 0.944. The highest BCUT2D eigenvalue weighted by molar-refractivity contribution is 7.13. The summed E-state index contributed by atoms with van der Waals surface area (Å²) in [6.45, 7) is 3.54. The van der Waals surface area contributed by atoms with E-state index in [2.05, 4.69) is 15.4 Å². The highest BCUT2D eigenvalue weighted by Crippen LogP contribution is 2.19. The zero-order chi connectivity index (χ0) is 15.0. The Hall–Kier alpha value is -2.02. The van der Waals surface area contributed by atoms with E-state index >= 15 is 0 Å². The van der Waals surface area contributed by atoms with Crippen molar-refractivity contribution >= 4 is 22.4 Å². The molecule has 6 nitrogen and oxygen atoms in total. The summed E-state index contributed by atoms with van der Waals surface area (Å²) < 4.78 is 1.26. The Labute approximate surface area is 125 Å². The van der Waals surface area contributed by atoms with Crippen LogP contribution < -0.4 is 10.9 Å². The Balaban J connectivity index is 1.83. The first kappa shape index (κ1) is 13.9. The number of hydrogen-bond acceptors (Lipinski definition) is 5. The number of nitrogens with zero attached hydrogens (tertiary/aromatic N) is 3. The Kier molecular flexibility index (Phi) is 3.59. The molecule has 0 aliphatic heterocycles. The van der Waals surface area contributed by atoms with Gasteiger partial charge in [0.1, 0.15) is 6.04 Å². The molecule has 2 heterocycles. The summed E-state index contributed by atoms with van der Waals surface area (Å²) in [4.78, 5) is 28.5. The van der Waals surface area contributed by atoms with E-state index in [1.807, 2.05) is 12.3 Å². The number of anilines is 1. The van der Waals surface area contributed by atoms with Gasteiger partial charge in [-0.2, -0.15) is 5.10 Å². The molecule has 0 aromatic carbocycles. The zero-order valence-electron chi connectivity index (χ0n) is 11.9. The molecule has 1 aliphatic rings. The molecule has 1 atom stereocenters. The van der Waals surface area contributed by atoms with Crippen molar-refractivity contribution in [3.8, 4) is 0 Å². The van der Waals surface area contributed by atoms with Gasteiger partial charge in [-0.25, -0.2) is 9.67 Å². The number of thiazole rings is 1. The molecule has 0 radical (unpaired) electrons. The Morgan fingerprint density at radius 1 is 1.48 bits per heavy atom. The number of aromatic nitrogens is 3. The minimum absolute atomic E-state index is 0.228. The van der Waals surface area contributed by atoms with Crippen molar-refractivity contribution in [3.05, 3.63) is 38.8 Å². The van der Waals surface area contributed by atoms with E-state index in [4.69, 9.17) is 0 Å². The van der Waals surface area contributed by atoms with Crippen LogP contribution in [0.15, 0.2) is 16.2 Å². The first-order valence-corrected chi connectivity index (χ1v) is 7.77. The number of amides is 1. The lowest BCUT2D eigenvalue weighted by Crippen LogP contribution is -2.33. The van der Waals surface area contributed by atoms with Crippen LogP contribution in [-0.2, 0) is 17.6 Å². The molecule has 1 amide bonds. The van der Waals surface area contributed by atoms with Gasteiger partial charge in [-0.1, -0.05) is 0 Å². The number of carbonyl (C=O) groups excluding carboxylic acids is 1. The first-order valence-electron chi connectivity index (χ1n) is 6.89. The predicted octanol–water partition coefficient (Wildman–Crippen LogP) is 1.70. The third-order valence-corrected chi connectivity index (χ3v) is 4.45. The van der Waals surface area contributed by atoms with Crippen LogP contribution in [0.25, 0.3) is 0 Å². The maximum absolute atomic E-state index is 12.2. The summed E-state index contributed by atoms with van der Waals surface area (Å²) in [5.41, 5.74) is 2.57. The number of fused-ring (bicyclic) bond motifs is 1. The smallest absolute Gasteiger partial charge is 0.267 e. The summed E-state index contributed by atoms with van der Waals surface area (Å²) >= 11 is 1.36. The van der Waals surface area contributed by atoms with Gasteiger partial charge in [-0.05, 0) is 38.7 Å². The molecule has 0 bridgehead atoms. The Morgan fingerprint density at radius 3 is 3.00 bits per heavy atom. The molecule has 0 spiro atoms. The van der Waals surface area contributed by atoms with Crippen molar-refractivity contribution in [3.63, 3.8) is 0 Å². The summed E-state index contributed by atoms with van der Waals surface area (Å²) in [5, 5.41) is 9.47. The lowest BCUT2D eigenvalue weighted by atomic mass is 10.2. The van der Waals surface area contributed by atoms with Crippen LogP contribution in [0.2, 0.25) is 0 Å². The molecule has 3 rings (SSSR count). The summed E-state index contributed by atoms with van der Waals surface area (Å²) in [7, 11) is 0. The molecule has 110 valence electrons. The molecule has 21 heavy (non-hydrogen) atoms. The summed E-state index contributed by atoms with van der Waals surface area (Å²) in [5.74, 6) is -0.281. The molecule has 0 saturated heterocycles. The second-order valence-corrected chi connectivity index (χ2v) is 6.07. The number of carbonyl (C=O) groups is 1. The van der Waals surface area contributed by atoms with Crippen molar-refractivity contribution < 1.29 is 4.79 Å². The van der Waals surface area contributed by atoms with Crippen molar-refractivity contribution in [1.29, 1.82) is 0 Å². The minimum atomic E-state index is -0.660. The highest BCUT2D eigenvalue weighted by atomic mass is 32.1. The van der Waals surface area contributed by atoms with E-state index in [1.165, 1.54) is 16.0 Å². The monoisotopic (exact) mass is 304 g/mol. The van der Waals surface area contributed by atoms with Gasteiger partial charge >= 0.3 is 0 Å². The molecule has 1 unspecified atom stereocenters. The van der Waals surface area contributed by atoms with Crippen molar-refractivity contribution in [1.82, 2.24) is 14.8 Å². The molecule has 2 aromatic rings. The molecular formula is C14H16N4O2S. The van der Waals surface area contributed by atoms with Crippen LogP contribution in [0.1, 0.15) is 36.3 Å². The van der Waals surface area contributed by atoms with Gasteiger partial charge in [0.05, 0.1) is 11.4 Å². The van der Waals surface area contributed by atoms with Crippen LogP contribution >= 0.6 is 11.3 Å². The average Bonchev–Trinajstić information content (AvgIpc) is 3.05. The number of hydrogen-bond donors (Lipinski definition) is 1. The van der Waals surface area contributed by atoms with Crippen LogP contribution in [0.3, 0.4) is 0 Å². The predicted molar refractivity (Wildman–Crippen MR) is 80.7 cm³/mol. The second-order valence-electron chi connectivity index (χ2n) is 5.21. The number of rotatable bonds is 3. The molecule has 7 heteroatoms. The molecular weight excluding hydrogens is 288 g/mol. The first-order chi connectivity index (χ1) is 10.0. The van der Waals surface area contributed by atoms with Crippen molar-refractivity contribution in [2.45, 2.75) is 39.2 Å². The number of nitrogens with one attached hydrogen (secondary N) is 1. The topological polar surface area (TPSA) is 76.9 Å². The van der Waals surface area contributed by atoms with Crippen molar-refractivity contribution in [2.75, 3.05) is 5.32 Å².